The molecule has 2 aliphatic rings. The van der Waals surface area contributed by atoms with Crippen LogP contribution < -0.4 is 20.1 Å². The topological polar surface area (TPSA) is 34.4 Å². The molecule has 6 nitrogen and oxygen atoms in total. The lowest BCUT2D eigenvalue weighted by molar-refractivity contribution is -0.870. The lowest BCUT2D eigenvalue weighted by Crippen LogP contribution is -2.42. The molecule has 0 spiro atoms. The monoisotopic (exact) mass is 586 g/mol. The van der Waals surface area contributed by atoms with Gasteiger partial charge in [0.1, 0.15) is 6.54 Å². The van der Waals surface area contributed by atoms with Crippen molar-refractivity contribution >= 4 is 34.4 Å². The number of nitrogens with one attached hydrogen (secondary N) is 2. The van der Waals surface area contributed by atoms with E-state index in [2.05, 4.69) is 125 Å². The van der Waals surface area contributed by atoms with Crippen LogP contribution in [0.5, 0.6) is 0 Å². The molecule has 1 saturated heterocycles. The molecule has 0 atom stereocenters. The van der Waals surface area contributed by atoms with Gasteiger partial charge in [-0.05, 0) is 49.3 Å². The molecule has 2 aliphatic heterocycles. The molecule has 3 aromatic rings. The number of aromatic nitrogens is 1. The average molecular weight is 587 g/mol. The molecular weight excluding hydrogens is 536 g/mol. The molecule has 0 aliphatic carbocycles. The van der Waals surface area contributed by atoms with Gasteiger partial charge in [-0.1, -0.05) is 48.2 Å². The van der Waals surface area contributed by atoms with E-state index in [4.69, 9.17) is 0 Å². The van der Waals surface area contributed by atoms with Gasteiger partial charge in [0, 0.05) is 69.1 Å². The van der Waals surface area contributed by atoms with E-state index < -0.39 is 0 Å². The Labute approximate surface area is 257 Å². The number of rotatable bonds is 10. The minimum atomic E-state index is 0.996. The Balaban J connectivity index is 1.26. The van der Waals surface area contributed by atoms with Crippen molar-refractivity contribution in [1.29, 1.82) is 0 Å². The van der Waals surface area contributed by atoms with Crippen LogP contribution in [0.1, 0.15) is 24.8 Å². The zero-order valence-electron chi connectivity index (χ0n) is 25.9. The summed E-state index contributed by atoms with van der Waals surface area (Å²) in [5, 5.41) is 9.77. The van der Waals surface area contributed by atoms with Crippen LogP contribution in [0.25, 0.3) is 17.0 Å². The van der Waals surface area contributed by atoms with Gasteiger partial charge in [0.2, 0.25) is 5.52 Å². The van der Waals surface area contributed by atoms with Gasteiger partial charge in [-0.25, -0.2) is 0 Å². The Morgan fingerprint density at radius 2 is 1.64 bits per heavy atom. The van der Waals surface area contributed by atoms with Gasteiger partial charge in [-0.2, -0.15) is 4.57 Å². The summed E-state index contributed by atoms with van der Waals surface area (Å²) in [5.74, 6) is 0. The molecule has 0 saturated carbocycles. The molecule has 0 radical (unpaired) electrons. The molecule has 1 fully saturated rings. The summed E-state index contributed by atoms with van der Waals surface area (Å²) in [7, 11) is 6.82. The van der Waals surface area contributed by atoms with Crippen molar-refractivity contribution in [2.45, 2.75) is 30.7 Å². The van der Waals surface area contributed by atoms with Crippen molar-refractivity contribution in [1.82, 2.24) is 15.5 Å². The average Bonchev–Trinajstić information content (AvgIpc) is 3.33. The Kier molecular flexibility index (Phi) is 11.1. The van der Waals surface area contributed by atoms with E-state index in [0.29, 0.717) is 0 Å². The molecule has 0 unspecified atom stereocenters. The molecule has 0 bridgehead atoms. The van der Waals surface area contributed by atoms with E-state index in [1.807, 2.05) is 11.8 Å². The van der Waals surface area contributed by atoms with E-state index >= 15 is 0 Å². The standard InChI is InChI=1S/C35H50N6S/c1-41(2,3)29-11-25-40-33-15-6-7-16-34(33)42-35(40)17-8-12-30-18-26-39(32-14-5-4-13-31(30)32)24-10-23-38-27-21-36-19-9-20-37-22-28-38/h4-8,12-18,26,36-37H,9-11,19-25,27-29H2,1-3H3/q+2. The molecule has 5 rings (SSSR count). The first kappa shape index (κ1) is 30.8. The summed E-state index contributed by atoms with van der Waals surface area (Å²) in [4.78, 5) is 6.45. The number of benzene rings is 2. The smallest absolute Gasteiger partial charge is 0.213 e. The number of aryl methyl sites for hydroxylation is 1. The highest BCUT2D eigenvalue weighted by Gasteiger charge is 2.24. The number of hydrogen-bond acceptors (Lipinski definition) is 5. The van der Waals surface area contributed by atoms with Crippen LogP contribution >= 0.6 is 11.8 Å². The van der Waals surface area contributed by atoms with Crippen molar-refractivity contribution in [3.8, 4) is 0 Å². The van der Waals surface area contributed by atoms with E-state index in [9.17, 15) is 0 Å². The number of hydrogen-bond donors (Lipinski definition) is 2. The van der Waals surface area contributed by atoms with Gasteiger partial charge in [0.15, 0.2) is 6.20 Å². The van der Waals surface area contributed by atoms with Crippen molar-refractivity contribution in [2.24, 2.45) is 0 Å². The number of pyridine rings is 1. The van der Waals surface area contributed by atoms with Gasteiger partial charge < -0.3 is 24.9 Å². The fourth-order valence-corrected chi connectivity index (χ4v) is 6.96. The van der Waals surface area contributed by atoms with Crippen LogP contribution in [0.15, 0.2) is 82.9 Å². The number of anilines is 1. The number of thioether (sulfide) groups is 1. The van der Waals surface area contributed by atoms with Gasteiger partial charge in [0.05, 0.1) is 43.8 Å². The molecule has 2 aromatic carbocycles. The third-order valence-corrected chi connectivity index (χ3v) is 9.24. The highest BCUT2D eigenvalue weighted by Crippen LogP contribution is 2.45. The highest BCUT2D eigenvalue weighted by molar-refractivity contribution is 8.03. The van der Waals surface area contributed by atoms with Crippen LogP contribution in [0, 0.1) is 0 Å². The molecule has 42 heavy (non-hydrogen) atoms. The number of quaternary nitrogens is 1. The highest BCUT2D eigenvalue weighted by atomic mass is 32.2. The maximum absolute atomic E-state index is 3.58. The predicted molar refractivity (Wildman–Crippen MR) is 180 cm³/mol. The van der Waals surface area contributed by atoms with Gasteiger partial charge in [0.25, 0.3) is 0 Å². The Bertz CT molecular complexity index is 1350. The minimum absolute atomic E-state index is 0.996. The minimum Gasteiger partial charge on any atom is -0.335 e. The van der Waals surface area contributed by atoms with Crippen molar-refractivity contribution in [3.05, 3.63) is 83.5 Å². The van der Waals surface area contributed by atoms with Gasteiger partial charge in [-0.15, -0.1) is 0 Å². The normalized spacial score (nSPS) is 18.3. The summed E-state index contributed by atoms with van der Waals surface area (Å²) in [6.07, 6.45) is 12.6. The lowest BCUT2D eigenvalue weighted by Gasteiger charge is -2.26. The quantitative estimate of drug-likeness (QED) is 0.259. The summed E-state index contributed by atoms with van der Waals surface area (Å²) in [6, 6.07) is 19.9. The summed E-state index contributed by atoms with van der Waals surface area (Å²) in [6.45, 7) is 11.0. The Morgan fingerprint density at radius 1 is 0.881 bits per heavy atom. The second-order valence-electron chi connectivity index (χ2n) is 12.5. The zero-order valence-corrected chi connectivity index (χ0v) is 26.7. The molecule has 1 aromatic heterocycles. The molecule has 2 N–H and O–H groups in total. The SMILES string of the molecule is C[N+](C)(C)CCCN1C(=CC=Cc2cc[n+](CCCN3CCNCCCNCC3)c3ccccc23)Sc2ccccc21. The molecule has 224 valence electrons. The number of allylic oxidation sites excluding steroid dienone is 2. The number of para-hydroxylation sites is 2. The predicted octanol–water partition coefficient (Wildman–Crippen LogP) is 4.97. The van der Waals surface area contributed by atoms with Crippen LogP contribution in [-0.4, -0.2) is 89.4 Å². The zero-order chi connectivity index (χ0) is 29.2. The van der Waals surface area contributed by atoms with Crippen LogP contribution in [0.3, 0.4) is 0 Å². The van der Waals surface area contributed by atoms with Crippen molar-refractivity contribution in [3.63, 3.8) is 0 Å². The van der Waals surface area contributed by atoms with Crippen LogP contribution in [0.4, 0.5) is 5.69 Å². The fraction of sp³-hybridized carbons (Fsp3) is 0.457. The molecular formula is C35H50N6S+2. The van der Waals surface area contributed by atoms with E-state index in [0.717, 1.165) is 82.8 Å². The lowest BCUT2D eigenvalue weighted by atomic mass is 10.1. The van der Waals surface area contributed by atoms with E-state index in [-0.39, 0.29) is 0 Å². The summed E-state index contributed by atoms with van der Waals surface area (Å²) < 4.78 is 3.43. The number of nitrogens with zero attached hydrogens (tertiary/aromatic N) is 4. The second kappa shape index (κ2) is 15.2. The van der Waals surface area contributed by atoms with Crippen LogP contribution in [0.2, 0.25) is 0 Å². The third-order valence-electron chi connectivity index (χ3n) is 8.11. The first-order chi connectivity index (χ1) is 20.5. The van der Waals surface area contributed by atoms with Gasteiger partial charge >= 0.3 is 0 Å². The maximum atomic E-state index is 3.58. The maximum Gasteiger partial charge on any atom is 0.213 e. The van der Waals surface area contributed by atoms with Crippen LogP contribution in [-0.2, 0) is 6.54 Å². The second-order valence-corrected chi connectivity index (χ2v) is 13.5. The van der Waals surface area contributed by atoms with Crippen molar-refractivity contribution in [2.75, 3.05) is 84.9 Å². The summed E-state index contributed by atoms with van der Waals surface area (Å²) in [5.41, 5.74) is 3.91. The molecule has 0 amide bonds. The number of fused-ring (bicyclic) bond motifs is 2. The molecule has 3 heterocycles. The van der Waals surface area contributed by atoms with Crippen molar-refractivity contribution < 1.29 is 9.05 Å². The first-order valence-electron chi connectivity index (χ1n) is 15.8. The summed E-state index contributed by atoms with van der Waals surface area (Å²) >= 11 is 1.88. The van der Waals surface area contributed by atoms with E-state index in [1.54, 1.807) is 0 Å². The molecule has 7 heteroatoms. The van der Waals surface area contributed by atoms with Gasteiger partial charge in [-0.3, -0.25) is 0 Å². The third kappa shape index (κ3) is 8.68. The Morgan fingerprint density at radius 3 is 2.45 bits per heavy atom. The first-order valence-corrected chi connectivity index (χ1v) is 16.6. The van der Waals surface area contributed by atoms with E-state index in [1.165, 1.54) is 38.5 Å². The largest absolute Gasteiger partial charge is 0.335 e. The fourth-order valence-electron chi connectivity index (χ4n) is 5.86. The Hall–Kier alpha value is -2.68.